The fourth-order valence-electron chi connectivity index (χ4n) is 3.14. The Labute approximate surface area is 170 Å². The number of carbonyl (C=O) groups excluding carboxylic acids is 1. The third-order valence-electron chi connectivity index (χ3n) is 5.03. The van der Waals surface area contributed by atoms with Crippen molar-refractivity contribution in [2.75, 3.05) is 0 Å². The summed E-state index contributed by atoms with van der Waals surface area (Å²) in [5.74, 6) is -0.444. The van der Waals surface area contributed by atoms with Crippen molar-refractivity contribution in [2.45, 2.75) is 39.4 Å². The van der Waals surface area contributed by atoms with Crippen molar-refractivity contribution >= 4 is 17.5 Å². The van der Waals surface area contributed by atoms with E-state index in [-0.39, 0.29) is 17.8 Å². The van der Waals surface area contributed by atoms with Crippen LogP contribution >= 0.6 is 11.6 Å². The molecule has 0 bridgehead atoms. The summed E-state index contributed by atoms with van der Waals surface area (Å²) in [6.45, 7) is 5.20. The third-order valence-corrected chi connectivity index (χ3v) is 5.40. The maximum atomic E-state index is 13.2. The van der Waals surface area contributed by atoms with Crippen LogP contribution in [0.5, 0.6) is 0 Å². The van der Waals surface area contributed by atoms with E-state index in [4.69, 9.17) is 11.6 Å². The first kappa shape index (κ1) is 20.2. The average molecular weight is 399 g/mol. The lowest BCUT2D eigenvalue weighted by Crippen LogP contribution is -2.38. The minimum Gasteiger partial charge on any atom is -0.345 e. The van der Waals surface area contributed by atoms with Crippen LogP contribution in [0.2, 0.25) is 5.02 Å². The van der Waals surface area contributed by atoms with Gasteiger partial charge in [-0.3, -0.25) is 4.79 Å². The van der Waals surface area contributed by atoms with Gasteiger partial charge in [-0.05, 0) is 61.4 Å². The molecule has 0 fully saturated rings. The van der Waals surface area contributed by atoms with Crippen LogP contribution in [0.1, 0.15) is 41.9 Å². The summed E-state index contributed by atoms with van der Waals surface area (Å²) in [6, 6.07) is 17.5. The first-order valence-electron chi connectivity index (χ1n) is 9.43. The monoisotopic (exact) mass is 398 g/mol. The summed E-state index contributed by atoms with van der Waals surface area (Å²) in [5, 5.41) is 0.725. The van der Waals surface area contributed by atoms with Gasteiger partial charge in [0.25, 0.3) is 5.91 Å². The van der Waals surface area contributed by atoms with E-state index in [2.05, 4.69) is 11.5 Å². The van der Waals surface area contributed by atoms with Crippen molar-refractivity contribution < 1.29 is 9.18 Å². The second kappa shape index (κ2) is 9.07. The Balaban J connectivity index is 1.84. The minimum atomic E-state index is -0.347. The van der Waals surface area contributed by atoms with Gasteiger partial charge < -0.3 is 9.47 Å². The molecule has 1 unspecified atom stereocenters. The summed E-state index contributed by atoms with van der Waals surface area (Å²) in [7, 11) is 0. The lowest BCUT2D eigenvalue weighted by molar-refractivity contribution is 0.0667. The number of amides is 1. The summed E-state index contributed by atoms with van der Waals surface area (Å²) < 4.78 is 15.3. The maximum absolute atomic E-state index is 13.2. The van der Waals surface area contributed by atoms with Crippen LogP contribution in [0.4, 0.5) is 4.39 Å². The molecular formula is C23H24ClFN2O. The molecule has 0 N–H and O–H groups in total. The van der Waals surface area contributed by atoms with Crippen LogP contribution in [0.15, 0.2) is 66.9 Å². The van der Waals surface area contributed by atoms with Gasteiger partial charge in [0.2, 0.25) is 0 Å². The van der Waals surface area contributed by atoms with Gasteiger partial charge in [0.15, 0.2) is 0 Å². The zero-order chi connectivity index (χ0) is 20.1. The summed E-state index contributed by atoms with van der Waals surface area (Å²) in [6.07, 6.45) is 2.83. The fraction of sp³-hybridized carbons (Fsp3) is 0.261. The quantitative estimate of drug-likeness (QED) is 0.496. The highest BCUT2D eigenvalue weighted by Crippen LogP contribution is 2.20. The van der Waals surface area contributed by atoms with E-state index >= 15 is 0 Å². The molecule has 2 aromatic carbocycles. The smallest absolute Gasteiger partial charge is 0.254 e. The first-order chi connectivity index (χ1) is 13.5. The van der Waals surface area contributed by atoms with Crippen molar-refractivity contribution in [1.82, 2.24) is 9.47 Å². The van der Waals surface area contributed by atoms with E-state index in [1.165, 1.54) is 24.3 Å². The molecule has 1 aromatic heterocycles. The van der Waals surface area contributed by atoms with E-state index in [9.17, 15) is 9.18 Å². The third kappa shape index (κ3) is 4.63. The van der Waals surface area contributed by atoms with Gasteiger partial charge >= 0.3 is 0 Å². The molecule has 1 heterocycles. The average Bonchev–Trinajstić information content (AvgIpc) is 3.14. The van der Waals surface area contributed by atoms with E-state index in [0.29, 0.717) is 18.7 Å². The highest BCUT2D eigenvalue weighted by atomic mass is 35.5. The molecule has 0 spiro atoms. The number of hydrogen-bond donors (Lipinski definition) is 0. The van der Waals surface area contributed by atoms with Crippen LogP contribution < -0.4 is 0 Å². The zero-order valence-corrected chi connectivity index (χ0v) is 16.9. The van der Waals surface area contributed by atoms with E-state index < -0.39 is 0 Å². The highest BCUT2D eigenvalue weighted by Gasteiger charge is 2.22. The number of aromatic nitrogens is 1. The predicted molar refractivity (Wildman–Crippen MR) is 111 cm³/mol. The number of nitrogens with zero attached hydrogens (tertiary/aromatic N) is 2. The minimum absolute atomic E-state index is 0.0567. The molecular weight excluding hydrogens is 375 g/mol. The van der Waals surface area contributed by atoms with Crippen LogP contribution in [-0.2, 0) is 13.1 Å². The van der Waals surface area contributed by atoms with Crippen molar-refractivity contribution in [3.8, 4) is 0 Å². The molecule has 28 heavy (non-hydrogen) atoms. The maximum Gasteiger partial charge on any atom is 0.254 e. The molecule has 0 aliphatic rings. The Morgan fingerprint density at radius 2 is 1.82 bits per heavy atom. The standard InChI is InChI=1S/C23H24ClFN2O/c1-3-17(2)27(23(28)18-10-12-20(25)13-11-18)16-21-8-6-14-26(21)15-19-7-4-5-9-22(19)24/h4-14,17H,3,15-16H2,1-2H3. The molecule has 0 saturated heterocycles. The number of halogens is 2. The van der Waals surface area contributed by atoms with Gasteiger partial charge in [0.05, 0.1) is 6.54 Å². The number of rotatable bonds is 7. The normalized spacial score (nSPS) is 12.0. The molecule has 146 valence electrons. The van der Waals surface area contributed by atoms with E-state index in [1.54, 1.807) is 0 Å². The molecule has 1 amide bonds. The highest BCUT2D eigenvalue weighted by molar-refractivity contribution is 6.31. The molecule has 3 aromatic rings. The van der Waals surface area contributed by atoms with Gasteiger partial charge in [-0.15, -0.1) is 0 Å². The molecule has 3 nitrogen and oxygen atoms in total. The van der Waals surface area contributed by atoms with Crippen LogP contribution in [0, 0.1) is 5.82 Å². The summed E-state index contributed by atoms with van der Waals surface area (Å²) in [4.78, 5) is 14.9. The molecule has 0 aliphatic heterocycles. The summed E-state index contributed by atoms with van der Waals surface area (Å²) in [5.41, 5.74) is 2.54. The van der Waals surface area contributed by atoms with Crippen LogP contribution in [-0.4, -0.2) is 21.4 Å². The van der Waals surface area contributed by atoms with Crippen molar-refractivity contribution in [3.05, 3.63) is 94.5 Å². The second-order valence-corrected chi connectivity index (χ2v) is 7.32. The van der Waals surface area contributed by atoms with Gasteiger partial charge in [0.1, 0.15) is 5.82 Å². The molecule has 0 aliphatic carbocycles. The Kier molecular flexibility index (Phi) is 6.53. The first-order valence-corrected chi connectivity index (χ1v) is 9.81. The number of hydrogen-bond acceptors (Lipinski definition) is 1. The zero-order valence-electron chi connectivity index (χ0n) is 16.1. The second-order valence-electron chi connectivity index (χ2n) is 6.92. The molecule has 1 atom stereocenters. The van der Waals surface area contributed by atoms with Crippen LogP contribution in [0.25, 0.3) is 0 Å². The SMILES string of the molecule is CCC(C)N(Cc1cccn1Cc1ccccc1Cl)C(=O)c1ccc(F)cc1. The molecule has 5 heteroatoms. The van der Waals surface area contributed by atoms with Crippen molar-refractivity contribution in [3.63, 3.8) is 0 Å². The van der Waals surface area contributed by atoms with Crippen molar-refractivity contribution in [1.29, 1.82) is 0 Å². The molecule has 3 rings (SSSR count). The Hall–Kier alpha value is -2.59. The van der Waals surface area contributed by atoms with Gasteiger partial charge in [-0.2, -0.15) is 0 Å². The van der Waals surface area contributed by atoms with Gasteiger partial charge in [-0.1, -0.05) is 36.7 Å². The topological polar surface area (TPSA) is 25.2 Å². The number of carbonyl (C=O) groups is 1. The Morgan fingerprint density at radius 1 is 1.11 bits per heavy atom. The van der Waals surface area contributed by atoms with Gasteiger partial charge in [0, 0.05) is 35.1 Å². The molecule has 0 radical (unpaired) electrons. The number of benzene rings is 2. The van der Waals surface area contributed by atoms with Crippen molar-refractivity contribution in [2.24, 2.45) is 0 Å². The largest absolute Gasteiger partial charge is 0.345 e. The Morgan fingerprint density at radius 3 is 2.50 bits per heavy atom. The lowest BCUT2D eigenvalue weighted by Gasteiger charge is -2.29. The molecule has 0 saturated carbocycles. The van der Waals surface area contributed by atoms with Crippen LogP contribution in [0.3, 0.4) is 0 Å². The van der Waals surface area contributed by atoms with E-state index in [0.717, 1.165) is 22.7 Å². The lowest BCUT2D eigenvalue weighted by atomic mass is 10.1. The van der Waals surface area contributed by atoms with Gasteiger partial charge in [-0.25, -0.2) is 4.39 Å². The Bertz CT molecular complexity index is 936. The van der Waals surface area contributed by atoms with E-state index in [1.807, 2.05) is 54.4 Å². The fourth-order valence-corrected chi connectivity index (χ4v) is 3.33. The predicted octanol–water partition coefficient (Wildman–Crippen LogP) is 5.77. The summed E-state index contributed by atoms with van der Waals surface area (Å²) >= 11 is 6.31.